The highest BCUT2D eigenvalue weighted by Crippen LogP contribution is 2.38. The highest BCUT2D eigenvalue weighted by atomic mass is 16.7. The van der Waals surface area contributed by atoms with E-state index in [2.05, 4.69) is 30.5 Å². The van der Waals surface area contributed by atoms with E-state index in [1.165, 1.54) is 0 Å². The number of benzene rings is 1. The molecule has 1 fully saturated rings. The molecule has 0 bridgehead atoms. The van der Waals surface area contributed by atoms with Gasteiger partial charge in [-0.1, -0.05) is 12.5 Å². The number of pyridine rings is 3. The Morgan fingerprint density at radius 3 is 2.67 bits per heavy atom. The molecule has 1 aliphatic heterocycles. The summed E-state index contributed by atoms with van der Waals surface area (Å²) in [6.07, 6.45) is 9.90. The molecule has 1 aliphatic carbocycles. The Morgan fingerprint density at radius 2 is 1.77 bits per heavy atom. The van der Waals surface area contributed by atoms with Crippen molar-refractivity contribution in [2.75, 3.05) is 12.1 Å². The van der Waals surface area contributed by atoms with Crippen molar-refractivity contribution in [3.8, 4) is 45.4 Å². The molecule has 11 heteroatoms. The maximum absolute atomic E-state index is 12.4. The summed E-state index contributed by atoms with van der Waals surface area (Å²) in [5.41, 5.74) is 7.50. The van der Waals surface area contributed by atoms with Gasteiger partial charge >= 0.3 is 0 Å². The smallest absolute Gasteiger partial charge is 0.231 e. The van der Waals surface area contributed by atoms with Gasteiger partial charge < -0.3 is 19.8 Å². The lowest BCUT2D eigenvalue weighted by molar-refractivity contribution is -0.122. The molecule has 5 aromatic heterocycles. The molecular weight excluding hydrogens is 508 g/mol. The molecule has 0 spiro atoms. The van der Waals surface area contributed by atoms with E-state index < -0.39 is 0 Å². The molecule has 8 rings (SSSR count). The van der Waals surface area contributed by atoms with Crippen molar-refractivity contribution >= 4 is 33.7 Å². The lowest BCUT2D eigenvalue weighted by Gasteiger charge is -2.24. The molecule has 1 amide bonds. The third-order valence-corrected chi connectivity index (χ3v) is 7.49. The van der Waals surface area contributed by atoms with Crippen LogP contribution in [0.1, 0.15) is 19.3 Å². The molecule has 6 heterocycles. The average Bonchev–Trinajstić information content (AvgIpc) is 3.69. The number of carbonyl (C=O) groups is 1. The van der Waals surface area contributed by atoms with E-state index >= 15 is 0 Å². The van der Waals surface area contributed by atoms with Crippen LogP contribution in [0.15, 0.2) is 61.2 Å². The molecule has 1 saturated carbocycles. The van der Waals surface area contributed by atoms with Gasteiger partial charge in [-0.2, -0.15) is 5.10 Å². The Hall–Kier alpha value is -5.32. The summed E-state index contributed by atoms with van der Waals surface area (Å²) in [5.74, 6) is 2.13. The number of nitrogens with one attached hydrogen (secondary N) is 3. The van der Waals surface area contributed by atoms with E-state index in [-0.39, 0.29) is 18.6 Å². The Bertz CT molecular complexity index is 1940. The monoisotopic (exact) mass is 530 g/mol. The van der Waals surface area contributed by atoms with Gasteiger partial charge in [0.1, 0.15) is 5.52 Å². The Labute approximate surface area is 227 Å². The Kier molecular flexibility index (Phi) is 5.02. The fraction of sp³-hybridized carbons (Fsp3) is 0.172. The predicted molar refractivity (Wildman–Crippen MR) is 148 cm³/mol. The van der Waals surface area contributed by atoms with Crippen molar-refractivity contribution in [2.45, 2.75) is 19.3 Å². The van der Waals surface area contributed by atoms with Crippen molar-refractivity contribution in [2.24, 2.45) is 5.92 Å². The van der Waals surface area contributed by atoms with Gasteiger partial charge in [-0.05, 0) is 48.7 Å². The molecule has 2 aliphatic rings. The van der Waals surface area contributed by atoms with Crippen LogP contribution in [0, 0.1) is 5.92 Å². The predicted octanol–water partition coefficient (Wildman–Crippen LogP) is 5.09. The normalized spacial score (nSPS) is 14.5. The third-order valence-electron chi connectivity index (χ3n) is 7.49. The fourth-order valence-corrected chi connectivity index (χ4v) is 5.11. The quantitative estimate of drug-likeness (QED) is 0.280. The van der Waals surface area contributed by atoms with E-state index in [0.29, 0.717) is 34.2 Å². The number of imidazole rings is 1. The molecule has 11 nitrogen and oxygen atoms in total. The van der Waals surface area contributed by atoms with E-state index in [1.54, 1.807) is 24.8 Å². The number of aromatic amines is 2. The first kappa shape index (κ1) is 22.6. The molecule has 3 N–H and O–H groups in total. The minimum absolute atomic E-state index is 0.0465. The number of H-pyrrole nitrogens is 2. The van der Waals surface area contributed by atoms with E-state index in [1.807, 2.05) is 36.4 Å². The van der Waals surface area contributed by atoms with Crippen LogP contribution in [0.5, 0.6) is 11.5 Å². The highest BCUT2D eigenvalue weighted by Gasteiger charge is 2.25. The number of amides is 1. The highest BCUT2D eigenvalue weighted by molar-refractivity contribution is 5.96. The maximum atomic E-state index is 12.4. The third kappa shape index (κ3) is 3.74. The number of hydrogen-bond acceptors (Lipinski definition) is 8. The number of nitrogens with zero attached hydrogens (tertiary/aromatic N) is 5. The first-order valence-corrected chi connectivity index (χ1v) is 13.1. The largest absolute Gasteiger partial charge is 0.454 e. The second kappa shape index (κ2) is 8.87. The molecule has 0 atom stereocenters. The molecule has 196 valence electrons. The summed E-state index contributed by atoms with van der Waals surface area (Å²) in [6, 6.07) is 11.5. The van der Waals surface area contributed by atoms with Crippen LogP contribution in [-0.4, -0.2) is 47.8 Å². The molecule has 0 saturated heterocycles. The van der Waals surface area contributed by atoms with Crippen LogP contribution in [0.3, 0.4) is 0 Å². The van der Waals surface area contributed by atoms with Gasteiger partial charge in [0.25, 0.3) is 0 Å². The second-order valence-corrected chi connectivity index (χ2v) is 9.98. The summed E-state index contributed by atoms with van der Waals surface area (Å²) >= 11 is 0. The van der Waals surface area contributed by atoms with Gasteiger partial charge in [-0.15, -0.1) is 0 Å². The Morgan fingerprint density at radius 1 is 0.875 bits per heavy atom. The molecule has 40 heavy (non-hydrogen) atoms. The van der Waals surface area contributed by atoms with Gasteiger partial charge in [0, 0.05) is 29.4 Å². The number of fused-ring (bicyclic) bond motifs is 3. The van der Waals surface area contributed by atoms with Gasteiger partial charge in [0.15, 0.2) is 23.0 Å². The zero-order valence-corrected chi connectivity index (χ0v) is 21.1. The van der Waals surface area contributed by atoms with Gasteiger partial charge in [-0.25, -0.2) is 9.97 Å². The first-order chi connectivity index (χ1) is 19.7. The summed E-state index contributed by atoms with van der Waals surface area (Å²) in [7, 11) is 0. The minimum Gasteiger partial charge on any atom is -0.454 e. The van der Waals surface area contributed by atoms with E-state index in [9.17, 15) is 4.79 Å². The van der Waals surface area contributed by atoms with Crippen LogP contribution in [0.25, 0.3) is 56.0 Å². The van der Waals surface area contributed by atoms with Gasteiger partial charge in [-0.3, -0.25) is 19.9 Å². The van der Waals surface area contributed by atoms with Crippen LogP contribution >= 0.6 is 0 Å². The van der Waals surface area contributed by atoms with Crippen LogP contribution in [0.4, 0.5) is 5.69 Å². The van der Waals surface area contributed by atoms with Crippen LogP contribution in [-0.2, 0) is 4.79 Å². The molecule has 6 aromatic rings. The standard InChI is InChI=1S/C29H22N8O3/c38-29(15-2-1-3-15)32-18-8-17(10-30-11-18)20-5-6-21-26(33-20)27(37-36-21)28-34-22-13-31-12-19(25(22)35-28)16-4-7-23-24(9-16)40-14-39-23/h4-13,15H,1-3,14H2,(H,32,38)(H,34,35)(H,36,37). The number of anilines is 1. The lowest BCUT2D eigenvalue weighted by Crippen LogP contribution is -2.28. The maximum Gasteiger partial charge on any atom is 0.231 e. The summed E-state index contributed by atoms with van der Waals surface area (Å²) in [5, 5.41) is 10.6. The van der Waals surface area contributed by atoms with Crippen molar-refractivity contribution < 1.29 is 14.3 Å². The molecule has 0 unspecified atom stereocenters. The van der Waals surface area contributed by atoms with Gasteiger partial charge in [0.05, 0.1) is 40.3 Å². The van der Waals surface area contributed by atoms with Crippen molar-refractivity contribution in [3.05, 3.63) is 61.2 Å². The van der Waals surface area contributed by atoms with Crippen molar-refractivity contribution in [3.63, 3.8) is 0 Å². The molecular formula is C29H22N8O3. The van der Waals surface area contributed by atoms with Crippen molar-refractivity contribution in [1.82, 2.24) is 35.1 Å². The lowest BCUT2D eigenvalue weighted by atomic mass is 9.85. The SMILES string of the molecule is O=C(Nc1cncc(-c2ccc3[nH]nc(-c4nc5c(-c6ccc7c(c6)OCO7)cncc5[nH]4)c3n2)c1)C1CCC1. The fourth-order valence-electron chi connectivity index (χ4n) is 5.11. The first-order valence-electron chi connectivity index (χ1n) is 13.1. The minimum atomic E-state index is 0.0465. The number of carbonyl (C=O) groups excluding carboxylic acids is 1. The Balaban J connectivity index is 1.16. The molecule has 1 aromatic carbocycles. The zero-order valence-electron chi connectivity index (χ0n) is 21.1. The average molecular weight is 531 g/mol. The van der Waals surface area contributed by atoms with Crippen LogP contribution in [0.2, 0.25) is 0 Å². The summed E-state index contributed by atoms with van der Waals surface area (Å²) in [4.78, 5) is 34.3. The van der Waals surface area contributed by atoms with Crippen molar-refractivity contribution in [1.29, 1.82) is 0 Å². The summed E-state index contributed by atoms with van der Waals surface area (Å²) in [6.45, 7) is 0.213. The number of ether oxygens (including phenoxy) is 2. The van der Waals surface area contributed by atoms with Gasteiger partial charge in [0.2, 0.25) is 12.7 Å². The van der Waals surface area contributed by atoms with E-state index in [0.717, 1.165) is 58.3 Å². The van der Waals surface area contributed by atoms with Crippen LogP contribution < -0.4 is 14.8 Å². The molecule has 0 radical (unpaired) electrons. The number of hydrogen-bond donors (Lipinski definition) is 3. The second-order valence-electron chi connectivity index (χ2n) is 9.98. The zero-order chi connectivity index (χ0) is 26.6. The number of aromatic nitrogens is 7. The summed E-state index contributed by atoms with van der Waals surface area (Å²) < 4.78 is 11.0. The topological polar surface area (TPSA) is 144 Å². The van der Waals surface area contributed by atoms with E-state index in [4.69, 9.17) is 19.4 Å². The number of rotatable bonds is 5.